The second-order valence-electron chi connectivity index (χ2n) is 10.3. The van der Waals surface area contributed by atoms with Gasteiger partial charge >= 0.3 is 0 Å². The fraction of sp³-hybridized carbons (Fsp3) is 0.593. The number of carbonyl (C=O) groups excluding carboxylic acids is 1. The van der Waals surface area contributed by atoms with Gasteiger partial charge in [0.2, 0.25) is 5.91 Å². The molecule has 1 saturated carbocycles. The predicted octanol–water partition coefficient (Wildman–Crippen LogP) is 4.56. The number of nitrogens with one attached hydrogen (secondary N) is 1. The highest BCUT2D eigenvalue weighted by atomic mass is 16.5. The van der Waals surface area contributed by atoms with Crippen LogP contribution in [0.25, 0.3) is 11.3 Å². The topological polar surface area (TPSA) is 67.4 Å². The number of aryl methyl sites for hydroxylation is 1. The zero-order chi connectivity index (χ0) is 22.7. The maximum atomic E-state index is 11.2. The second kappa shape index (κ2) is 9.90. The molecule has 0 bridgehead atoms. The van der Waals surface area contributed by atoms with E-state index in [4.69, 9.17) is 4.74 Å². The van der Waals surface area contributed by atoms with Crippen LogP contribution in [0.4, 0.5) is 5.69 Å². The number of carbonyl (C=O) groups is 1. The van der Waals surface area contributed by atoms with E-state index in [0.717, 1.165) is 54.1 Å². The maximum Gasteiger partial charge on any atom is 0.221 e. The maximum absolute atomic E-state index is 11.2. The third-order valence-corrected chi connectivity index (χ3v) is 8.04. The molecule has 1 aromatic heterocycles. The van der Waals surface area contributed by atoms with Crippen LogP contribution in [0, 0.1) is 17.3 Å². The van der Waals surface area contributed by atoms with E-state index in [2.05, 4.69) is 32.5 Å². The lowest BCUT2D eigenvalue weighted by Crippen LogP contribution is -2.39. The van der Waals surface area contributed by atoms with E-state index in [1.807, 2.05) is 24.3 Å². The Morgan fingerprint density at radius 3 is 2.52 bits per heavy atom. The van der Waals surface area contributed by atoms with Crippen molar-refractivity contribution >= 4 is 11.6 Å². The molecule has 1 aliphatic carbocycles. The highest BCUT2D eigenvalue weighted by Gasteiger charge is 2.53. The fourth-order valence-electron chi connectivity index (χ4n) is 5.82. The van der Waals surface area contributed by atoms with Gasteiger partial charge in [0, 0.05) is 37.9 Å². The molecule has 176 valence electrons. The van der Waals surface area contributed by atoms with Crippen LogP contribution < -0.4 is 5.32 Å². The van der Waals surface area contributed by atoms with Gasteiger partial charge in [-0.3, -0.25) is 4.79 Å². The quantitative estimate of drug-likeness (QED) is 0.672. The van der Waals surface area contributed by atoms with Crippen LogP contribution >= 0.6 is 0 Å². The third-order valence-electron chi connectivity index (χ3n) is 8.04. The van der Waals surface area contributed by atoms with E-state index in [9.17, 15) is 4.79 Å². The largest absolute Gasteiger partial charge is 0.381 e. The predicted molar refractivity (Wildman–Crippen MR) is 130 cm³/mol. The molecule has 1 aromatic carbocycles. The molecule has 0 unspecified atom stereocenters. The van der Waals surface area contributed by atoms with Gasteiger partial charge < -0.3 is 15.0 Å². The average molecular weight is 449 g/mol. The van der Waals surface area contributed by atoms with Gasteiger partial charge in [-0.1, -0.05) is 12.1 Å². The first-order valence-corrected chi connectivity index (χ1v) is 12.6. The molecule has 33 heavy (non-hydrogen) atoms. The summed E-state index contributed by atoms with van der Waals surface area (Å²) in [6, 6.07) is 11.9. The van der Waals surface area contributed by atoms with Crippen LogP contribution in [0.2, 0.25) is 0 Å². The van der Waals surface area contributed by atoms with E-state index in [1.165, 1.54) is 65.1 Å². The van der Waals surface area contributed by atoms with Crippen molar-refractivity contribution in [1.82, 2.24) is 15.1 Å². The van der Waals surface area contributed by atoms with Crippen LogP contribution in [0.3, 0.4) is 0 Å². The van der Waals surface area contributed by atoms with Crippen LogP contribution in [0.15, 0.2) is 36.4 Å². The lowest BCUT2D eigenvalue weighted by molar-refractivity contribution is -0.114. The Bertz CT molecular complexity index is 930. The van der Waals surface area contributed by atoms with Crippen molar-refractivity contribution in [3.05, 3.63) is 42.1 Å². The van der Waals surface area contributed by atoms with Crippen LogP contribution in [-0.4, -0.2) is 53.9 Å². The monoisotopic (exact) mass is 448 g/mol. The Labute approximate surface area is 197 Å². The number of likely N-dealkylation sites (tertiary alicyclic amines) is 1. The lowest BCUT2D eigenvalue weighted by atomic mass is 9.88. The Hall–Kier alpha value is -2.31. The molecule has 6 nitrogen and oxygen atoms in total. The highest BCUT2D eigenvalue weighted by molar-refractivity contribution is 5.88. The average Bonchev–Trinajstić information content (AvgIpc) is 3.52. The summed E-state index contributed by atoms with van der Waals surface area (Å²) in [6.45, 7) is 7.27. The van der Waals surface area contributed by atoms with E-state index in [0.29, 0.717) is 5.41 Å². The number of rotatable bonds is 7. The zero-order valence-corrected chi connectivity index (χ0v) is 19.8. The zero-order valence-electron chi connectivity index (χ0n) is 19.8. The van der Waals surface area contributed by atoms with Crippen LogP contribution in [-0.2, 0) is 16.0 Å². The number of anilines is 1. The van der Waals surface area contributed by atoms with Gasteiger partial charge in [-0.15, -0.1) is 0 Å². The van der Waals surface area contributed by atoms with Crippen molar-refractivity contribution < 1.29 is 9.53 Å². The minimum atomic E-state index is -0.0649. The Balaban J connectivity index is 1.06. The normalized spacial score (nSPS) is 22.9. The number of aromatic nitrogens is 2. The van der Waals surface area contributed by atoms with Gasteiger partial charge in [0.05, 0.1) is 11.4 Å². The molecule has 5 rings (SSSR count). The second-order valence-corrected chi connectivity index (χ2v) is 10.3. The first kappa shape index (κ1) is 22.5. The summed E-state index contributed by atoms with van der Waals surface area (Å²) in [5, 5.41) is 11.7. The van der Waals surface area contributed by atoms with Gasteiger partial charge in [0.25, 0.3) is 0 Å². The third kappa shape index (κ3) is 5.61. The molecule has 6 heteroatoms. The molecule has 1 amide bonds. The molecule has 3 fully saturated rings. The van der Waals surface area contributed by atoms with Crippen LogP contribution in [0.1, 0.15) is 51.1 Å². The number of amides is 1. The molecule has 1 spiro atoms. The summed E-state index contributed by atoms with van der Waals surface area (Å²) in [5.74, 6) is 1.65. The van der Waals surface area contributed by atoms with E-state index >= 15 is 0 Å². The fourth-order valence-corrected chi connectivity index (χ4v) is 5.82. The SMILES string of the molecule is CC(=O)Nc1ccc(-c2ccc(CC[C@@H]3CC34CCN(CC3CCOCC3)CC4)nn2)cc1. The van der Waals surface area contributed by atoms with Gasteiger partial charge in [0.15, 0.2) is 0 Å². The molecular formula is C27H36N4O2. The minimum Gasteiger partial charge on any atom is -0.381 e. The number of ether oxygens (including phenoxy) is 1. The molecule has 2 aromatic rings. The van der Waals surface area contributed by atoms with Crippen molar-refractivity contribution in [2.24, 2.45) is 17.3 Å². The van der Waals surface area contributed by atoms with E-state index in [1.54, 1.807) is 0 Å². The summed E-state index contributed by atoms with van der Waals surface area (Å²) in [7, 11) is 0. The molecule has 1 N–H and O–H groups in total. The minimum absolute atomic E-state index is 0.0649. The summed E-state index contributed by atoms with van der Waals surface area (Å²) in [5.41, 5.74) is 4.39. The van der Waals surface area contributed by atoms with Gasteiger partial charge in [-0.05, 0) is 99.6 Å². The molecule has 2 saturated heterocycles. The summed E-state index contributed by atoms with van der Waals surface area (Å²) in [4.78, 5) is 13.9. The van der Waals surface area contributed by atoms with Crippen molar-refractivity contribution in [2.75, 3.05) is 38.2 Å². The highest BCUT2D eigenvalue weighted by Crippen LogP contribution is 2.61. The first-order valence-electron chi connectivity index (χ1n) is 12.6. The van der Waals surface area contributed by atoms with Crippen molar-refractivity contribution in [2.45, 2.75) is 51.9 Å². The van der Waals surface area contributed by atoms with Crippen molar-refractivity contribution in [3.63, 3.8) is 0 Å². The van der Waals surface area contributed by atoms with Crippen LogP contribution in [0.5, 0.6) is 0 Å². The van der Waals surface area contributed by atoms with Crippen molar-refractivity contribution in [1.29, 1.82) is 0 Å². The first-order chi connectivity index (χ1) is 16.1. The number of hydrogen-bond donors (Lipinski definition) is 1. The Morgan fingerprint density at radius 2 is 1.85 bits per heavy atom. The summed E-state index contributed by atoms with van der Waals surface area (Å²) < 4.78 is 5.51. The molecular weight excluding hydrogens is 412 g/mol. The number of piperidine rings is 1. The Kier molecular flexibility index (Phi) is 6.74. The van der Waals surface area contributed by atoms with E-state index in [-0.39, 0.29) is 5.91 Å². The summed E-state index contributed by atoms with van der Waals surface area (Å²) >= 11 is 0. The lowest BCUT2D eigenvalue weighted by Gasteiger charge is -2.36. The molecule has 3 heterocycles. The molecule has 1 atom stereocenters. The van der Waals surface area contributed by atoms with Gasteiger partial charge in [-0.25, -0.2) is 0 Å². The van der Waals surface area contributed by atoms with Gasteiger partial charge in [0.1, 0.15) is 0 Å². The number of benzene rings is 1. The summed E-state index contributed by atoms with van der Waals surface area (Å²) in [6.07, 6.45) is 8.90. The molecule has 2 aliphatic heterocycles. The molecule has 0 radical (unpaired) electrons. The Morgan fingerprint density at radius 1 is 1.09 bits per heavy atom. The molecule has 3 aliphatic rings. The number of nitrogens with zero attached hydrogens (tertiary/aromatic N) is 3. The smallest absolute Gasteiger partial charge is 0.221 e. The van der Waals surface area contributed by atoms with Crippen molar-refractivity contribution in [3.8, 4) is 11.3 Å². The standard InChI is InChI=1S/C27H36N4O2/c1-20(32)28-24-5-2-22(3-6-24)26-9-8-25(29-30-26)7-4-23-18-27(23)12-14-31(15-13-27)19-21-10-16-33-17-11-21/h2-3,5-6,8-9,21,23H,4,7,10-19H2,1H3,(H,28,32)/t23-/m1/s1. The van der Waals surface area contributed by atoms with Gasteiger partial charge in [-0.2, -0.15) is 10.2 Å². The van der Waals surface area contributed by atoms with E-state index < -0.39 is 0 Å². The number of hydrogen-bond acceptors (Lipinski definition) is 5.